The van der Waals surface area contributed by atoms with Crippen LogP contribution in [0, 0.1) is 0 Å². The number of halogens is 2. The number of imide groups is 1. The van der Waals surface area contributed by atoms with Gasteiger partial charge >= 0.3 is 5.76 Å². The SMILES string of the molecule is CCCCN1C(=O)c2ccc(C(=O)Nc3ccc(S(=O)(=O)C(F)F)cc3)cc2C1=O. The lowest BCUT2D eigenvalue weighted by Gasteiger charge is -2.12. The molecule has 0 unspecified atom stereocenters. The number of carbonyl (C=O) groups excluding carboxylic acids is 3. The number of rotatable bonds is 7. The molecule has 0 saturated carbocycles. The van der Waals surface area contributed by atoms with Gasteiger partial charge < -0.3 is 5.32 Å². The minimum Gasteiger partial charge on any atom is -0.322 e. The molecule has 7 nitrogen and oxygen atoms in total. The van der Waals surface area contributed by atoms with Gasteiger partial charge in [-0.2, -0.15) is 8.78 Å². The lowest BCUT2D eigenvalue weighted by atomic mass is 10.1. The fourth-order valence-electron chi connectivity index (χ4n) is 2.99. The number of nitrogens with zero attached hydrogens (tertiary/aromatic N) is 1. The van der Waals surface area contributed by atoms with Crippen molar-refractivity contribution < 1.29 is 31.6 Å². The van der Waals surface area contributed by atoms with E-state index in [1.165, 1.54) is 30.3 Å². The zero-order chi connectivity index (χ0) is 22.1. The minimum absolute atomic E-state index is 0.122. The van der Waals surface area contributed by atoms with Crippen LogP contribution in [0.15, 0.2) is 47.4 Å². The molecule has 2 aromatic rings. The van der Waals surface area contributed by atoms with Crippen molar-refractivity contribution in [1.29, 1.82) is 0 Å². The van der Waals surface area contributed by atoms with Crippen LogP contribution in [0.4, 0.5) is 14.5 Å². The van der Waals surface area contributed by atoms with Crippen LogP contribution in [0.3, 0.4) is 0 Å². The highest BCUT2D eigenvalue weighted by molar-refractivity contribution is 7.91. The van der Waals surface area contributed by atoms with Crippen molar-refractivity contribution in [2.24, 2.45) is 0 Å². The molecule has 2 aromatic carbocycles. The summed E-state index contributed by atoms with van der Waals surface area (Å²) < 4.78 is 48.1. The van der Waals surface area contributed by atoms with Gasteiger partial charge in [-0.3, -0.25) is 19.3 Å². The number of fused-ring (bicyclic) bond motifs is 1. The lowest BCUT2D eigenvalue weighted by Crippen LogP contribution is -2.30. The molecule has 0 spiro atoms. The van der Waals surface area contributed by atoms with Crippen LogP contribution < -0.4 is 5.32 Å². The van der Waals surface area contributed by atoms with Crippen LogP contribution in [-0.2, 0) is 9.84 Å². The largest absolute Gasteiger partial charge is 0.341 e. The molecule has 0 aliphatic carbocycles. The van der Waals surface area contributed by atoms with Gasteiger partial charge in [0.1, 0.15) is 0 Å². The Morgan fingerprint density at radius 2 is 1.67 bits per heavy atom. The van der Waals surface area contributed by atoms with Gasteiger partial charge in [-0.1, -0.05) is 13.3 Å². The fraction of sp³-hybridized carbons (Fsp3) is 0.250. The summed E-state index contributed by atoms with van der Waals surface area (Å²) in [6, 6.07) is 8.43. The Morgan fingerprint density at radius 1 is 1.03 bits per heavy atom. The quantitative estimate of drug-likeness (QED) is 0.671. The van der Waals surface area contributed by atoms with Crippen molar-refractivity contribution in [3.8, 4) is 0 Å². The summed E-state index contributed by atoms with van der Waals surface area (Å²) in [6.45, 7) is 2.24. The van der Waals surface area contributed by atoms with E-state index < -0.39 is 38.2 Å². The summed E-state index contributed by atoms with van der Waals surface area (Å²) in [4.78, 5) is 37.9. The monoisotopic (exact) mass is 436 g/mol. The first-order valence-electron chi connectivity index (χ1n) is 9.10. The maximum atomic E-state index is 12.6. The average Bonchev–Trinajstić information content (AvgIpc) is 2.96. The molecule has 0 atom stereocenters. The number of alkyl halides is 2. The number of benzene rings is 2. The van der Waals surface area contributed by atoms with Gasteiger partial charge in [0, 0.05) is 17.8 Å². The maximum Gasteiger partial charge on any atom is 0.341 e. The molecule has 0 aromatic heterocycles. The van der Waals surface area contributed by atoms with Crippen LogP contribution in [0.2, 0.25) is 0 Å². The van der Waals surface area contributed by atoms with Crippen molar-refractivity contribution in [3.63, 3.8) is 0 Å². The second-order valence-electron chi connectivity index (χ2n) is 6.66. The third-order valence-corrected chi connectivity index (χ3v) is 6.04. The van der Waals surface area contributed by atoms with Gasteiger partial charge in [-0.15, -0.1) is 0 Å². The summed E-state index contributed by atoms with van der Waals surface area (Å²) in [7, 11) is -4.72. The van der Waals surface area contributed by atoms with Crippen LogP contribution in [0.1, 0.15) is 50.8 Å². The molecule has 158 valence electrons. The fourth-order valence-corrected chi connectivity index (χ4v) is 3.71. The smallest absolute Gasteiger partial charge is 0.322 e. The molecule has 3 amide bonds. The number of hydrogen-bond acceptors (Lipinski definition) is 5. The van der Waals surface area contributed by atoms with Crippen molar-refractivity contribution in [2.75, 3.05) is 11.9 Å². The summed E-state index contributed by atoms with van der Waals surface area (Å²) in [5.74, 6) is -5.00. The Bertz CT molecular complexity index is 1110. The first kappa shape index (κ1) is 21.6. The summed E-state index contributed by atoms with van der Waals surface area (Å²) >= 11 is 0. The van der Waals surface area contributed by atoms with E-state index in [4.69, 9.17) is 0 Å². The van der Waals surface area contributed by atoms with E-state index in [1.54, 1.807) is 0 Å². The Morgan fingerprint density at radius 3 is 2.27 bits per heavy atom. The molecule has 0 bridgehead atoms. The number of amides is 3. The first-order valence-corrected chi connectivity index (χ1v) is 10.6. The Hall–Kier alpha value is -3.14. The number of carbonyl (C=O) groups is 3. The predicted molar refractivity (Wildman–Crippen MR) is 104 cm³/mol. The van der Waals surface area contributed by atoms with Crippen molar-refractivity contribution in [2.45, 2.75) is 30.4 Å². The summed E-state index contributed by atoms with van der Waals surface area (Å²) in [6.07, 6.45) is 1.49. The normalized spacial score (nSPS) is 13.7. The molecule has 3 rings (SSSR count). The Balaban J connectivity index is 1.78. The molecule has 0 radical (unpaired) electrons. The molecule has 1 aliphatic heterocycles. The van der Waals surface area contributed by atoms with Gasteiger partial charge in [0.05, 0.1) is 16.0 Å². The zero-order valence-electron chi connectivity index (χ0n) is 15.9. The van der Waals surface area contributed by atoms with Crippen molar-refractivity contribution in [1.82, 2.24) is 4.90 Å². The Kier molecular flexibility index (Phi) is 5.97. The summed E-state index contributed by atoms with van der Waals surface area (Å²) in [5.41, 5.74) is 0.675. The van der Waals surface area contributed by atoms with Crippen LogP contribution in [0.25, 0.3) is 0 Å². The predicted octanol–water partition coefficient (Wildman–Crippen LogP) is 3.33. The van der Waals surface area contributed by atoms with E-state index in [2.05, 4.69) is 5.32 Å². The maximum absolute atomic E-state index is 12.6. The third kappa shape index (κ3) is 3.95. The van der Waals surface area contributed by atoms with Crippen LogP contribution in [0.5, 0.6) is 0 Å². The second kappa shape index (κ2) is 8.31. The molecular weight excluding hydrogens is 418 g/mol. The molecule has 1 heterocycles. The van der Waals surface area contributed by atoms with Crippen molar-refractivity contribution >= 4 is 33.2 Å². The van der Waals surface area contributed by atoms with Crippen LogP contribution in [-0.4, -0.2) is 43.3 Å². The first-order chi connectivity index (χ1) is 14.2. The standard InChI is InChI=1S/C20H18F2N2O5S/c1-2-3-10-24-18(26)15-9-4-12(11-16(15)19(24)27)17(25)23-13-5-7-14(8-6-13)30(28,29)20(21)22/h4-9,11,20H,2-3,10H2,1H3,(H,23,25). The third-order valence-electron chi connectivity index (χ3n) is 4.64. The van der Waals surface area contributed by atoms with Gasteiger partial charge in [-0.25, -0.2) is 8.42 Å². The van der Waals surface area contributed by atoms with E-state index >= 15 is 0 Å². The molecule has 30 heavy (non-hydrogen) atoms. The van der Waals surface area contributed by atoms with Crippen molar-refractivity contribution in [3.05, 3.63) is 59.2 Å². The lowest BCUT2D eigenvalue weighted by molar-refractivity contribution is 0.0652. The van der Waals surface area contributed by atoms with E-state index in [9.17, 15) is 31.6 Å². The topological polar surface area (TPSA) is 101 Å². The second-order valence-corrected chi connectivity index (χ2v) is 8.58. The highest BCUT2D eigenvalue weighted by Crippen LogP contribution is 2.25. The van der Waals surface area contributed by atoms with Crippen LogP contribution >= 0.6 is 0 Å². The molecule has 10 heteroatoms. The zero-order valence-corrected chi connectivity index (χ0v) is 16.7. The number of hydrogen-bond donors (Lipinski definition) is 1. The van der Waals surface area contributed by atoms with Gasteiger partial charge in [0.15, 0.2) is 0 Å². The van der Waals surface area contributed by atoms with E-state index in [0.29, 0.717) is 13.0 Å². The molecule has 1 N–H and O–H groups in total. The molecular formula is C20H18F2N2O5S. The molecule has 0 saturated heterocycles. The van der Waals surface area contributed by atoms with Gasteiger partial charge in [0.2, 0.25) is 9.84 Å². The van der Waals surface area contributed by atoms with E-state index in [-0.39, 0.29) is 22.4 Å². The number of unbranched alkanes of at least 4 members (excludes halogenated alkanes) is 1. The average molecular weight is 436 g/mol. The van der Waals surface area contributed by atoms with Gasteiger partial charge in [-0.05, 0) is 48.9 Å². The van der Waals surface area contributed by atoms with E-state index in [0.717, 1.165) is 23.5 Å². The number of nitrogens with one attached hydrogen (secondary N) is 1. The molecule has 0 fully saturated rings. The number of sulfone groups is 1. The van der Waals surface area contributed by atoms with E-state index in [1.807, 2.05) is 6.92 Å². The highest BCUT2D eigenvalue weighted by atomic mass is 32.2. The molecule has 1 aliphatic rings. The highest BCUT2D eigenvalue weighted by Gasteiger charge is 2.35. The minimum atomic E-state index is -4.72. The Labute approximate surface area is 171 Å². The summed E-state index contributed by atoms with van der Waals surface area (Å²) in [5, 5.41) is 2.50. The van der Waals surface area contributed by atoms with Gasteiger partial charge in [0.25, 0.3) is 17.7 Å². The number of anilines is 1.